The van der Waals surface area contributed by atoms with Gasteiger partial charge in [0.05, 0.1) is 40.3 Å². The standard InChI is InChI=1S/C16H23NO4/c1-4-21-16(18)6-8-17-7-5-12-9-14(19-2)15(20-3)10-13(12)11-17/h9-10H,4-8,11H2,1-3H3/p+1. The Bertz CT molecular complexity index is 501. The molecule has 116 valence electrons. The number of esters is 1. The number of methoxy groups -OCH3 is 2. The summed E-state index contributed by atoms with van der Waals surface area (Å²) in [6.45, 7) is 5.04. The molecule has 5 nitrogen and oxygen atoms in total. The summed E-state index contributed by atoms with van der Waals surface area (Å²) in [7, 11) is 3.31. The van der Waals surface area contributed by atoms with Crippen LogP contribution < -0.4 is 14.4 Å². The SMILES string of the molecule is CCOC(=O)CC[NH+]1CCc2cc(OC)c(OC)cc2C1. The van der Waals surface area contributed by atoms with Crippen LogP contribution in [0.4, 0.5) is 0 Å². The molecule has 0 radical (unpaired) electrons. The number of quaternary nitrogens is 1. The first kappa shape index (κ1) is 15.6. The first-order valence-electron chi connectivity index (χ1n) is 7.40. The Balaban J connectivity index is 2.01. The van der Waals surface area contributed by atoms with E-state index in [-0.39, 0.29) is 5.97 Å². The van der Waals surface area contributed by atoms with E-state index in [0.717, 1.165) is 37.6 Å². The predicted octanol–water partition coefficient (Wildman–Crippen LogP) is 0.598. The second kappa shape index (κ2) is 7.31. The number of nitrogens with one attached hydrogen (secondary N) is 1. The van der Waals surface area contributed by atoms with E-state index in [1.165, 1.54) is 16.0 Å². The van der Waals surface area contributed by atoms with Gasteiger partial charge in [0, 0.05) is 12.0 Å². The van der Waals surface area contributed by atoms with E-state index >= 15 is 0 Å². The fourth-order valence-corrected chi connectivity index (χ4v) is 2.76. The van der Waals surface area contributed by atoms with Crippen LogP contribution in [0.2, 0.25) is 0 Å². The lowest BCUT2D eigenvalue weighted by atomic mass is 9.98. The molecule has 1 atom stereocenters. The number of carbonyl (C=O) groups is 1. The molecule has 0 saturated carbocycles. The Morgan fingerprint density at radius 3 is 2.48 bits per heavy atom. The van der Waals surface area contributed by atoms with Crippen LogP contribution in [0.15, 0.2) is 12.1 Å². The van der Waals surface area contributed by atoms with Gasteiger partial charge < -0.3 is 19.1 Å². The summed E-state index contributed by atoms with van der Waals surface area (Å²) in [6.07, 6.45) is 1.47. The Labute approximate surface area is 125 Å². The molecule has 21 heavy (non-hydrogen) atoms. The minimum Gasteiger partial charge on any atom is -0.493 e. The number of hydrogen-bond acceptors (Lipinski definition) is 4. The summed E-state index contributed by atoms with van der Waals surface area (Å²) in [6, 6.07) is 4.12. The minimum atomic E-state index is -0.108. The van der Waals surface area contributed by atoms with Crippen molar-refractivity contribution in [1.82, 2.24) is 0 Å². The van der Waals surface area contributed by atoms with Crippen molar-refractivity contribution in [3.63, 3.8) is 0 Å². The van der Waals surface area contributed by atoms with Crippen molar-refractivity contribution in [3.05, 3.63) is 23.3 Å². The van der Waals surface area contributed by atoms with Crippen molar-refractivity contribution in [2.45, 2.75) is 26.3 Å². The van der Waals surface area contributed by atoms with E-state index in [1.54, 1.807) is 14.2 Å². The van der Waals surface area contributed by atoms with Gasteiger partial charge in [-0.1, -0.05) is 0 Å². The highest BCUT2D eigenvalue weighted by molar-refractivity contribution is 5.69. The van der Waals surface area contributed by atoms with Crippen LogP contribution in [0, 0.1) is 0 Å². The van der Waals surface area contributed by atoms with E-state index in [4.69, 9.17) is 14.2 Å². The fourth-order valence-electron chi connectivity index (χ4n) is 2.76. The number of rotatable bonds is 6. The first-order chi connectivity index (χ1) is 10.2. The third-order valence-corrected chi connectivity index (χ3v) is 3.88. The van der Waals surface area contributed by atoms with Crippen LogP contribution in [0.5, 0.6) is 11.5 Å². The maximum Gasteiger partial charge on any atom is 0.311 e. The lowest BCUT2D eigenvalue weighted by Gasteiger charge is -2.26. The molecule has 0 aromatic heterocycles. The average molecular weight is 294 g/mol. The second-order valence-electron chi connectivity index (χ2n) is 5.21. The summed E-state index contributed by atoms with van der Waals surface area (Å²) < 4.78 is 15.7. The normalized spacial score (nSPS) is 17.0. The molecule has 0 fully saturated rings. The zero-order valence-corrected chi connectivity index (χ0v) is 13.0. The molecule has 1 unspecified atom stereocenters. The summed E-state index contributed by atoms with van der Waals surface area (Å²) in [5, 5.41) is 0. The average Bonchev–Trinajstić information content (AvgIpc) is 2.51. The number of benzene rings is 1. The van der Waals surface area contributed by atoms with Crippen LogP contribution in [-0.4, -0.2) is 39.9 Å². The van der Waals surface area contributed by atoms with Gasteiger partial charge in [0.1, 0.15) is 6.54 Å². The smallest absolute Gasteiger partial charge is 0.311 e. The quantitative estimate of drug-likeness (QED) is 0.781. The van der Waals surface area contributed by atoms with Gasteiger partial charge in [0.2, 0.25) is 0 Å². The van der Waals surface area contributed by atoms with Gasteiger partial charge in [-0.25, -0.2) is 0 Å². The summed E-state index contributed by atoms with van der Waals surface area (Å²) in [4.78, 5) is 12.8. The molecule has 1 aromatic rings. The molecule has 1 aliphatic rings. The van der Waals surface area contributed by atoms with Gasteiger partial charge in [-0.3, -0.25) is 4.79 Å². The van der Waals surface area contributed by atoms with Gasteiger partial charge >= 0.3 is 5.97 Å². The van der Waals surface area contributed by atoms with Crippen LogP contribution in [-0.2, 0) is 22.5 Å². The largest absolute Gasteiger partial charge is 0.493 e. The molecule has 0 saturated heterocycles. The fraction of sp³-hybridized carbons (Fsp3) is 0.562. The molecule has 1 N–H and O–H groups in total. The number of fused-ring (bicyclic) bond motifs is 1. The van der Waals surface area contributed by atoms with Crippen molar-refractivity contribution in [2.75, 3.05) is 33.9 Å². The van der Waals surface area contributed by atoms with E-state index in [1.807, 2.05) is 6.92 Å². The third kappa shape index (κ3) is 3.88. The van der Waals surface area contributed by atoms with Crippen LogP contribution in [0.3, 0.4) is 0 Å². The van der Waals surface area contributed by atoms with Gasteiger partial charge in [-0.2, -0.15) is 0 Å². The van der Waals surface area contributed by atoms with Crippen molar-refractivity contribution >= 4 is 5.97 Å². The van der Waals surface area contributed by atoms with Gasteiger partial charge in [-0.05, 0) is 24.6 Å². The van der Waals surface area contributed by atoms with Gasteiger partial charge in [0.15, 0.2) is 11.5 Å². The first-order valence-corrected chi connectivity index (χ1v) is 7.40. The summed E-state index contributed by atoms with van der Waals surface area (Å²) >= 11 is 0. The molecule has 5 heteroatoms. The van der Waals surface area contributed by atoms with E-state index in [2.05, 4.69) is 12.1 Å². The van der Waals surface area contributed by atoms with Crippen molar-refractivity contribution in [3.8, 4) is 11.5 Å². The molecular formula is C16H24NO4+. The van der Waals surface area contributed by atoms with Crippen LogP contribution >= 0.6 is 0 Å². The summed E-state index contributed by atoms with van der Waals surface area (Å²) in [5.41, 5.74) is 2.59. The molecule has 1 aliphatic heterocycles. The maximum atomic E-state index is 11.4. The molecule has 0 aliphatic carbocycles. The number of ether oxygens (including phenoxy) is 3. The Morgan fingerprint density at radius 1 is 1.19 bits per heavy atom. The molecular weight excluding hydrogens is 270 g/mol. The zero-order valence-electron chi connectivity index (χ0n) is 13.0. The van der Waals surface area contributed by atoms with E-state index in [0.29, 0.717) is 13.0 Å². The van der Waals surface area contributed by atoms with Gasteiger partial charge in [-0.15, -0.1) is 0 Å². The third-order valence-electron chi connectivity index (χ3n) is 3.88. The highest BCUT2D eigenvalue weighted by Gasteiger charge is 2.22. The molecule has 0 bridgehead atoms. The molecule has 0 spiro atoms. The Kier molecular flexibility index (Phi) is 5.44. The second-order valence-corrected chi connectivity index (χ2v) is 5.21. The zero-order chi connectivity index (χ0) is 15.2. The summed E-state index contributed by atoms with van der Waals surface area (Å²) in [5.74, 6) is 1.44. The molecule has 0 amide bonds. The molecule has 1 aromatic carbocycles. The predicted molar refractivity (Wildman–Crippen MR) is 78.9 cm³/mol. The monoisotopic (exact) mass is 294 g/mol. The number of hydrogen-bond donors (Lipinski definition) is 1. The van der Waals surface area contributed by atoms with Gasteiger partial charge in [0.25, 0.3) is 0 Å². The molecule has 1 heterocycles. The van der Waals surface area contributed by atoms with Crippen LogP contribution in [0.1, 0.15) is 24.5 Å². The highest BCUT2D eigenvalue weighted by atomic mass is 16.5. The topological polar surface area (TPSA) is 49.2 Å². The maximum absolute atomic E-state index is 11.4. The number of carbonyl (C=O) groups excluding carboxylic acids is 1. The van der Waals surface area contributed by atoms with E-state index < -0.39 is 0 Å². The Morgan fingerprint density at radius 2 is 1.86 bits per heavy atom. The van der Waals surface area contributed by atoms with Crippen molar-refractivity contribution < 1.29 is 23.9 Å². The lowest BCUT2D eigenvalue weighted by Crippen LogP contribution is -3.11. The molecule has 2 rings (SSSR count). The van der Waals surface area contributed by atoms with Crippen molar-refractivity contribution in [2.24, 2.45) is 0 Å². The van der Waals surface area contributed by atoms with Crippen molar-refractivity contribution in [1.29, 1.82) is 0 Å². The lowest BCUT2D eigenvalue weighted by molar-refractivity contribution is -0.915. The minimum absolute atomic E-state index is 0.108. The highest BCUT2D eigenvalue weighted by Crippen LogP contribution is 2.31. The Hall–Kier alpha value is -1.75. The van der Waals surface area contributed by atoms with Crippen LogP contribution in [0.25, 0.3) is 0 Å². The van der Waals surface area contributed by atoms with E-state index in [9.17, 15) is 4.79 Å².